The third-order valence-electron chi connectivity index (χ3n) is 5.20. The number of hydrogen-bond donors (Lipinski definition) is 2. The Morgan fingerprint density at radius 1 is 0.485 bits per heavy atom. The summed E-state index contributed by atoms with van der Waals surface area (Å²) in [6.07, 6.45) is 0. The van der Waals surface area contributed by atoms with Crippen molar-refractivity contribution in [3.63, 3.8) is 0 Å². The van der Waals surface area contributed by atoms with Gasteiger partial charge in [-0.3, -0.25) is 0 Å². The Bertz CT molecular complexity index is 1290. The zero-order valence-corrected chi connectivity index (χ0v) is 18.2. The Balaban J connectivity index is 1.53. The molecule has 4 aromatic carbocycles. The van der Waals surface area contributed by atoms with Crippen LogP contribution in [0.3, 0.4) is 0 Å². The van der Waals surface area contributed by atoms with E-state index in [4.69, 9.17) is 15.0 Å². The maximum Gasteiger partial charge on any atom is 0.231 e. The van der Waals surface area contributed by atoms with Crippen molar-refractivity contribution in [2.75, 3.05) is 10.6 Å². The molecule has 0 saturated heterocycles. The van der Waals surface area contributed by atoms with Gasteiger partial charge in [0, 0.05) is 16.8 Å². The molecule has 1 aromatic heterocycles. The summed E-state index contributed by atoms with van der Waals surface area (Å²) in [5.41, 5.74) is 5.92. The number of rotatable bonds is 6. The van der Waals surface area contributed by atoms with Crippen LogP contribution < -0.4 is 10.6 Å². The summed E-state index contributed by atoms with van der Waals surface area (Å²) < 4.78 is 0. The van der Waals surface area contributed by atoms with Gasteiger partial charge in [-0.2, -0.15) is 9.97 Å². The molecule has 0 atom stereocenters. The van der Waals surface area contributed by atoms with Gasteiger partial charge in [-0.1, -0.05) is 90.5 Å². The number of hydrogen-bond acceptors (Lipinski definition) is 5. The average Bonchev–Trinajstić information content (AvgIpc) is 2.87. The van der Waals surface area contributed by atoms with Crippen molar-refractivity contribution in [3.05, 3.63) is 115 Å². The van der Waals surface area contributed by atoms with Gasteiger partial charge in [0.2, 0.25) is 5.95 Å². The van der Waals surface area contributed by atoms with E-state index in [9.17, 15) is 0 Å². The fourth-order valence-corrected chi connectivity index (χ4v) is 3.48. The van der Waals surface area contributed by atoms with Gasteiger partial charge in [-0.15, -0.1) is 0 Å². The number of anilines is 4. The van der Waals surface area contributed by atoms with E-state index in [1.54, 1.807) is 0 Å². The van der Waals surface area contributed by atoms with Crippen molar-refractivity contribution in [1.82, 2.24) is 15.0 Å². The van der Waals surface area contributed by atoms with Gasteiger partial charge in [-0.25, -0.2) is 4.98 Å². The third-order valence-corrected chi connectivity index (χ3v) is 5.20. The van der Waals surface area contributed by atoms with Gasteiger partial charge in [-0.05, 0) is 31.2 Å². The average molecular weight is 430 g/mol. The zero-order chi connectivity index (χ0) is 22.5. The smallest absolute Gasteiger partial charge is 0.231 e. The molecule has 0 aliphatic carbocycles. The number of para-hydroxylation sites is 2. The lowest BCUT2D eigenvalue weighted by molar-refractivity contribution is 1.07. The van der Waals surface area contributed by atoms with E-state index in [2.05, 4.69) is 41.8 Å². The predicted molar refractivity (Wildman–Crippen MR) is 135 cm³/mol. The molecule has 1 heterocycles. The Morgan fingerprint density at radius 2 is 0.970 bits per heavy atom. The summed E-state index contributed by atoms with van der Waals surface area (Å²) in [5.74, 6) is 1.73. The molecule has 0 saturated carbocycles. The van der Waals surface area contributed by atoms with Crippen LogP contribution >= 0.6 is 0 Å². The normalized spacial score (nSPS) is 10.6. The zero-order valence-electron chi connectivity index (χ0n) is 18.2. The first-order chi connectivity index (χ1) is 16.2. The minimum Gasteiger partial charge on any atom is -0.354 e. The highest BCUT2D eigenvalue weighted by molar-refractivity contribution is 5.77. The van der Waals surface area contributed by atoms with Crippen LogP contribution in [0.4, 0.5) is 23.0 Å². The van der Waals surface area contributed by atoms with Gasteiger partial charge in [0.25, 0.3) is 0 Å². The number of aryl methyl sites for hydroxylation is 1. The SMILES string of the molecule is Cc1ccc(Nc2ccccc2Nc2nc(-c3ccccc3)nc(-c3ccccc3)n2)cc1. The van der Waals surface area contributed by atoms with Crippen molar-refractivity contribution in [1.29, 1.82) is 0 Å². The summed E-state index contributed by atoms with van der Waals surface area (Å²) in [4.78, 5) is 14.2. The number of benzene rings is 4. The standard InChI is InChI=1S/C28H23N5/c1-20-16-18-23(19-17-20)29-24-14-8-9-15-25(24)30-28-32-26(21-10-4-2-5-11-21)31-27(33-28)22-12-6-3-7-13-22/h2-19,29H,1H3,(H,30,31,32,33). The van der Waals surface area contributed by atoms with Crippen molar-refractivity contribution < 1.29 is 0 Å². The molecule has 0 radical (unpaired) electrons. The first-order valence-corrected chi connectivity index (χ1v) is 10.8. The topological polar surface area (TPSA) is 62.7 Å². The molecule has 5 aromatic rings. The van der Waals surface area contributed by atoms with Crippen molar-refractivity contribution >= 4 is 23.0 Å². The van der Waals surface area contributed by atoms with Crippen LogP contribution in [0.5, 0.6) is 0 Å². The van der Waals surface area contributed by atoms with Gasteiger partial charge in [0.15, 0.2) is 11.6 Å². The van der Waals surface area contributed by atoms with Crippen LogP contribution in [0.2, 0.25) is 0 Å². The lowest BCUT2D eigenvalue weighted by Crippen LogP contribution is -2.05. The maximum absolute atomic E-state index is 4.74. The highest BCUT2D eigenvalue weighted by atomic mass is 15.2. The van der Waals surface area contributed by atoms with Crippen LogP contribution in [0.15, 0.2) is 109 Å². The molecule has 0 spiro atoms. The van der Waals surface area contributed by atoms with E-state index in [1.165, 1.54) is 5.56 Å². The Labute approximate surface area is 193 Å². The van der Waals surface area contributed by atoms with Gasteiger partial charge in [0.1, 0.15) is 0 Å². The van der Waals surface area contributed by atoms with Gasteiger partial charge < -0.3 is 10.6 Å². The Morgan fingerprint density at radius 3 is 1.52 bits per heavy atom. The van der Waals surface area contributed by atoms with E-state index in [0.717, 1.165) is 28.2 Å². The van der Waals surface area contributed by atoms with Crippen molar-refractivity contribution in [2.24, 2.45) is 0 Å². The third kappa shape index (κ3) is 4.88. The second-order valence-corrected chi connectivity index (χ2v) is 7.70. The quantitative estimate of drug-likeness (QED) is 0.304. The lowest BCUT2D eigenvalue weighted by atomic mass is 10.2. The molecule has 0 amide bonds. The Hall–Kier alpha value is -4.51. The summed E-state index contributed by atoms with van der Waals surface area (Å²) in [6, 6.07) is 36.2. The van der Waals surface area contributed by atoms with E-state index in [0.29, 0.717) is 17.6 Å². The first kappa shape index (κ1) is 20.4. The summed E-state index contributed by atoms with van der Waals surface area (Å²) >= 11 is 0. The molecule has 0 fully saturated rings. The summed E-state index contributed by atoms with van der Waals surface area (Å²) in [6.45, 7) is 2.08. The molecule has 5 rings (SSSR count). The molecular formula is C28H23N5. The van der Waals surface area contributed by atoms with E-state index >= 15 is 0 Å². The van der Waals surface area contributed by atoms with Gasteiger partial charge >= 0.3 is 0 Å². The van der Waals surface area contributed by atoms with Crippen LogP contribution in [0.25, 0.3) is 22.8 Å². The summed E-state index contributed by atoms with van der Waals surface area (Å²) in [7, 11) is 0. The second kappa shape index (κ2) is 9.32. The highest BCUT2D eigenvalue weighted by Gasteiger charge is 2.12. The highest BCUT2D eigenvalue weighted by Crippen LogP contribution is 2.29. The van der Waals surface area contributed by atoms with Crippen LogP contribution in [0, 0.1) is 6.92 Å². The second-order valence-electron chi connectivity index (χ2n) is 7.70. The van der Waals surface area contributed by atoms with Crippen molar-refractivity contribution in [2.45, 2.75) is 6.92 Å². The molecule has 0 aliphatic heterocycles. The molecule has 0 aliphatic rings. The number of nitrogens with zero attached hydrogens (tertiary/aromatic N) is 3. The lowest BCUT2D eigenvalue weighted by Gasteiger charge is -2.14. The first-order valence-electron chi connectivity index (χ1n) is 10.8. The molecule has 5 nitrogen and oxygen atoms in total. The monoisotopic (exact) mass is 429 g/mol. The van der Waals surface area contributed by atoms with E-state index in [1.807, 2.05) is 84.9 Å². The minimum absolute atomic E-state index is 0.487. The molecule has 5 heteroatoms. The largest absolute Gasteiger partial charge is 0.354 e. The maximum atomic E-state index is 4.74. The molecule has 2 N–H and O–H groups in total. The summed E-state index contributed by atoms with van der Waals surface area (Å²) in [5, 5.41) is 6.88. The minimum atomic E-state index is 0.487. The number of nitrogens with one attached hydrogen (secondary N) is 2. The molecular weight excluding hydrogens is 406 g/mol. The fourth-order valence-electron chi connectivity index (χ4n) is 3.48. The number of aromatic nitrogens is 3. The molecule has 33 heavy (non-hydrogen) atoms. The van der Waals surface area contributed by atoms with E-state index < -0.39 is 0 Å². The van der Waals surface area contributed by atoms with Crippen LogP contribution in [0.1, 0.15) is 5.56 Å². The van der Waals surface area contributed by atoms with Crippen LogP contribution in [-0.2, 0) is 0 Å². The van der Waals surface area contributed by atoms with E-state index in [-0.39, 0.29) is 0 Å². The predicted octanol–water partition coefficient (Wildman–Crippen LogP) is 7.00. The van der Waals surface area contributed by atoms with Crippen LogP contribution in [-0.4, -0.2) is 15.0 Å². The molecule has 160 valence electrons. The van der Waals surface area contributed by atoms with Gasteiger partial charge in [0.05, 0.1) is 11.4 Å². The van der Waals surface area contributed by atoms with Crippen molar-refractivity contribution in [3.8, 4) is 22.8 Å². The Kier molecular flexibility index (Phi) is 5.76. The molecule has 0 unspecified atom stereocenters. The molecule has 0 bridgehead atoms. The fraction of sp³-hybridized carbons (Fsp3) is 0.0357.